The summed E-state index contributed by atoms with van der Waals surface area (Å²) in [7, 11) is 0. The minimum Gasteiger partial charge on any atom is -0.368 e. The number of anilines is 1. The first-order valence-electron chi connectivity index (χ1n) is 12.0. The Labute approximate surface area is 206 Å². The van der Waals surface area contributed by atoms with Crippen molar-refractivity contribution in [3.63, 3.8) is 0 Å². The third-order valence-electron chi connectivity index (χ3n) is 6.36. The van der Waals surface area contributed by atoms with Gasteiger partial charge in [0.1, 0.15) is 11.1 Å². The summed E-state index contributed by atoms with van der Waals surface area (Å²) in [6.07, 6.45) is 3.12. The molecule has 1 fully saturated rings. The first kappa shape index (κ1) is 24.3. The molecule has 0 aliphatic carbocycles. The Bertz CT molecular complexity index is 1280. The van der Waals surface area contributed by atoms with Gasteiger partial charge in [0.25, 0.3) is 11.8 Å². The monoisotopic (exact) mass is 472 g/mol. The lowest BCUT2D eigenvalue weighted by atomic mass is 10.1. The average molecular weight is 473 g/mol. The number of aromatic nitrogens is 1. The predicted molar refractivity (Wildman–Crippen MR) is 138 cm³/mol. The molecule has 1 aliphatic rings. The smallest absolute Gasteiger partial charge is 0.259 e. The molecule has 35 heavy (non-hydrogen) atoms. The van der Waals surface area contributed by atoms with Crippen LogP contribution in [0.5, 0.6) is 0 Å². The van der Waals surface area contributed by atoms with Crippen LogP contribution in [0, 0.1) is 13.8 Å². The molecule has 0 saturated carbocycles. The lowest BCUT2D eigenvalue weighted by Gasteiger charge is -2.37. The van der Waals surface area contributed by atoms with E-state index >= 15 is 0 Å². The fourth-order valence-electron chi connectivity index (χ4n) is 4.57. The quantitative estimate of drug-likeness (QED) is 0.598. The van der Waals surface area contributed by atoms with Gasteiger partial charge in [-0.2, -0.15) is 0 Å². The molecular weight excluding hydrogens is 440 g/mol. The van der Waals surface area contributed by atoms with E-state index < -0.39 is 11.3 Å². The zero-order valence-electron chi connectivity index (χ0n) is 20.6. The molecule has 7 nitrogen and oxygen atoms in total. The van der Waals surface area contributed by atoms with E-state index in [1.807, 2.05) is 30.3 Å². The molecule has 1 aromatic heterocycles. The van der Waals surface area contributed by atoms with Gasteiger partial charge in [0.15, 0.2) is 0 Å². The summed E-state index contributed by atoms with van der Waals surface area (Å²) in [5, 5.41) is 2.69. The fraction of sp³-hybridized carbons (Fsp3) is 0.321. The van der Waals surface area contributed by atoms with Crippen molar-refractivity contribution in [2.45, 2.75) is 27.3 Å². The molecule has 0 radical (unpaired) electrons. The van der Waals surface area contributed by atoms with E-state index in [2.05, 4.69) is 42.3 Å². The molecule has 182 valence electrons. The minimum atomic E-state index is -0.526. The Morgan fingerprint density at radius 3 is 2.26 bits per heavy atom. The number of nitrogens with zero attached hydrogens (tertiary/aromatic N) is 3. The van der Waals surface area contributed by atoms with Crippen LogP contribution in [0.15, 0.2) is 65.7 Å². The van der Waals surface area contributed by atoms with Crippen LogP contribution in [0.4, 0.5) is 5.69 Å². The van der Waals surface area contributed by atoms with Gasteiger partial charge in [-0.1, -0.05) is 48.0 Å². The van der Waals surface area contributed by atoms with Crippen molar-refractivity contribution in [1.82, 2.24) is 14.8 Å². The van der Waals surface area contributed by atoms with Gasteiger partial charge in [-0.3, -0.25) is 14.4 Å². The van der Waals surface area contributed by atoms with Gasteiger partial charge in [-0.25, -0.2) is 0 Å². The molecular formula is C28H32N4O3. The van der Waals surface area contributed by atoms with Gasteiger partial charge in [-0.15, -0.1) is 0 Å². The van der Waals surface area contributed by atoms with Gasteiger partial charge in [0.05, 0.1) is 0 Å². The summed E-state index contributed by atoms with van der Waals surface area (Å²) in [5.41, 5.74) is 4.11. The summed E-state index contributed by atoms with van der Waals surface area (Å²) >= 11 is 0. The number of aryl methyl sites for hydroxylation is 2. The molecule has 1 saturated heterocycles. The number of nitrogens with one attached hydrogen (secondary N) is 1. The zero-order valence-corrected chi connectivity index (χ0v) is 20.6. The van der Waals surface area contributed by atoms with Gasteiger partial charge >= 0.3 is 0 Å². The number of carbonyl (C=O) groups excluding carboxylic acids is 2. The van der Waals surface area contributed by atoms with Crippen molar-refractivity contribution in [2.24, 2.45) is 0 Å². The number of rotatable bonds is 6. The van der Waals surface area contributed by atoms with Crippen molar-refractivity contribution >= 4 is 17.5 Å². The molecule has 0 atom stereocenters. The highest BCUT2D eigenvalue weighted by molar-refractivity contribution is 5.99. The van der Waals surface area contributed by atoms with E-state index in [9.17, 15) is 14.4 Å². The molecule has 1 aliphatic heterocycles. The predicted octanol–water partition coefficient (Wildman–Crippen LogP) is 3.23. The number of piperazine rings is 1. The molecule has 2 aromatic carbocycles. The van der Waals surface area contributed by atoms with Gasteiger partial charge < -0.3 is 19.7 Å². The number of hydrogen-bond donors (Lipinski definition) is 1. The molecule has 0 spiro atoms. The second-order valence-corrected chi connectivity index (χ2v) is 9.00. The van der Waals surface area contributed by atoms with Crippen LogP contribution in [0.25, 0.3) is 0 Å². The number of carbonyl (C=O) groups is 2. The SMILES string of the molecule is CCNC(=O)c1cn(Cc2ccccc2)cc(C(=O)N2CCN(c3ccc(C)cc3C)CC2)c1=O. The molecule has 2 heterocycles. The Morgan fingerprint density at radius 2 is 1.60 bits per heavy atom. The minimum absolute atomic E-state index is 0.0115. The highest BCUT2D eigenvalue weighted by atomic mass is 16.2. The van der Waals surface area contributed by atoms with E-state index in [0.717, 1.165) is 5.56 Å². The number of hydrogen-bond acceptors (Lipinski definition) is 4. The van der Waals surface area contributed by atoms with E-state index in [4.69, 9.17) is 0 Å². The summed E-state index contributed by atoms with van der Waals surface area (Å²) in [6.45, 7) is 9.21. The van der Waals surface area contributed by atoms with E-state index in [1.165, 1.54) is 23.0 Å². The molecule has 0 unspecified atom stereocenters. The first-order valence-corrected chi connectivity index (χ1v) is 12.0. The maximum atomic E-state index is 13.5. The van der Waals surface area contributed by atoms with Crippen molar-refractivity contribution in [3.05, 3.63) is 99.0 Å². The van der Waals surface area contributed by atoms with Gasteiger partial charge in [0, 0.05) is 57.3 Å². The third-order valence-corrected chi connectivity index (χ3v) is 6.36. The van der Waals surface area contributed by atoms with Crippen LogP contribution in [0.2, 0.25) is 0 Å². The Kier molecular flexibility index (Phi) is 7.34. The first-order chi connectivity index (χ1) is 16.9. The van der Waals surface area contributed by atoms with Crippen LogP contribution in [-0.2, 0) is 6.54 Å². The van der Waals surface area contributed by atoms with Crippen LogP contribution >= 0.6 is 0 Å². The van der Waals surface area contributed by atoms with Gasteiger partial charge in [-0.05, 0) is 38.0 Å². The maximum absolute atomic E-state index is 13.5. The second kappa shape index (κ2) is 10.6. The summed E-state index contributed by atoms with van der Waals surface area (Å²) < 4.78 is 1.75. The molecule has 3 aromatic rings. The van der Waals surface area contributed by atoms with E-state index in [-0.39, 0.29) is 17.0 Å². The van der Waals surface area contributed by atoms with Crippen molar-refractivity contribution in [2.75, 3.05) is 37.6 Å². The maximum Gasteiger partial charge on any atom is 0.259 e. The highest BCUT2D eigenvalue weighted by Crippen LogP contribution is 2.23. The van der Waals surface area contributed by atoms with Crippen molar-refractivity contribution in [1.29, 1.82) is 0 Å². The zero-order chi connectivity index (χ0) is 24.9. The van der Waals surface area contributed by atoms with Crippen LogP contribution < -0.4 is 15.6 Å². The van der Waals surface area contributed by atoms with Crippen molar-refractivity contribution in [3.8, 4) is 0 Å². The average Bonchev–Trinajstić information content (AvgIpc) is 2.85. The summed E-state index contributed by atoms with van der Waals surface area (Å²) in [6, 6.07) is 16.1. The standard InChI is InChI=1S/C28H32N4O3/c1-4-29-27(34)23-18-30(17-22-8-6-5-7-9-22)19-24(26(23)33)28(35)32-14-12-31(13-15-32)25-11-10-20(2)16-21(25)3/h5-11,16,18-19H,4,12-15,17H2,1-3H3,(H,29,34). The summed E-state index contributed by atoms with van der Waals surface area (Å²) in [5.74, 6) is -0.795. The second-order valence-electron chi connectivity index (χ2n) is 9.00. The Morgan fingerprint density at radius 1 is 0.914 bits per heavy atom. The van der Waals surface area contributed by atoms with Crippen LogP contribution in [0.1, 0.15) is 44.3 Å². The molecule has 4 rings (SSSR count). The Balaban J connectivity index is 1.58. The lowest BCUT2D eigenvalue weighted by Crippen LogP contribution is -2.50. The van der Waals surface area contributed by atoms with Crippen LogP contribution in [0.3, 0.4) is 0 Å². The topological polar surface area (TPSA) is 74.7 Å². The highest BCUT2D eigenvalue weighted by Gasteiger charge is 2.27. The Hall–Kier alpha value is -3.87. The summed E-state index contributed by atoms with van der Waals surface area (Å²) in [4.78, 5) is 43.3. The van der Waals surface area contributed by atoms with Crippen molar-refractivity contribution < 1.29 is 9.59 Å². The molecule has 7 heteroatoms. The van der Waals surface area contributed by atoms with Gasteiger partial charge in [0.2, 0.25) is 5.43 Å². The fourth-order valence-corrected chi connectivity index (χ4v) is 4.57. The number of amides is 2. The molecule has 0 bridgehead atoms. The normalized spacial score (nSPS) is 13.6. The number of pyridine rings is 1. The lowest BCUT2D eigenvalue weighted by molar-refractivity contribution is 0.0744. The largest absolute Gasteiger partial charge is 0.368 e. The van der Waals surface area contributed by atoms with Crippen LogP contribution in [-0.4, -0.2) is 54.0 Å². The molecule has 2 amide bonds. The van der Waals surface area contributed by atoms with E-state index in [1.54, 1.807) is 22.6 Å². The molecule has 1 N–H and O–H groups in total. The number of benzene rings is 2. The third kappa shape index (κ3) is 5.45. The van der Waals surface area contributed by atoms with E-state index in [0.29, 0.717) is 39.3 Å².